The van der Waals surface area contributed by atoms with E-state index in [0.29, 0.717) is 26.2 Å². The third-order valence-electron chi connectivity index (χ3n) is 6.35. The minimum atomic E-state index is -0.601. The molecule has 0 saturated heterocycles. The van der Waals surface area contributed by atoms with E-state index in [2.05, 4.69) is 6.92 Å². The first-order valence-corrected chi connectivity index (χ1v) is 13.4. The monoisotopic (exact) mass is 538 g/mol. The molecule has 0 aliphatic heterocycles. The number of hydroxylamine groups is 2. The van der Waals surface area contributed by atoms with Crippen LogP contribution in [0.1, 0.15) is 22.3 Å². The lowest BCUT2D eigenvalue weighted by molar-refractivity contribution is -0.205. The Morgan fingerprint density at radius 2 is 0.975 bits per heavy atom. The van der Waals surface area contributed by atoms with Gasteiger partial charge >= 0.3 is 0 Å². The molecule has 4 aromatic carbocycles. The summed E-state index contributed by atoms with van der Waals surface area (Å²) in [4.78, 5) is 17.9. The molecule has 1 radical (unpaired) electrons. The van der Waals surface area contributed by atoms with Crippen molar-refractivity contribution in [3.8, 4) is 0 Å². The van der Waals surface area contributed by atoms with E-state index in [1.165, 1.54) is 5.06 Å². The second-order valence-electron chi connectivity index (χ2n) is 9.40. The smallest absolute Gasteiger partial charge is 0.233 e. The predicted octanol–water partition coefficient (Wildman–Crippen LogP) is 6.17. The number of carbonyl (C=O) groups excluding carboxylic acids is 1. The van der Waals surface area contributed by atoms with Crippen molar-refractivity contribution in [1.82, 2.24) is 5.06 Å². The third-order valence-corrected chi connectivity index (χ3v) is 6.35. The lowest BCUT2D eigenvalue weighted by Crippen LogP contribution is -2.47. The molecule has 4 aromatic rings. The second kappa shape index (κ2) is 16.3. The number of carbonyl (C=O) groups is 1. The maximum absolute atomic E-state index is 12.1. The first-order chi connectivity index (χ1) is 19.7. The van der Waals surface area contributed by atoms with Gasteiger partial charge in [0.15, 0.2) is 0 Å². The fraction of sp³-hybridized carbons (Fsp3) is 0.235. The van der Waals surface area contributed by atoms with Crippen LogP contribution in [0.3, 0.4) is 0 Å². The summed E-state index contributed by atoms with van der Waals surface area (Å²) in [6.45, 7) is 5.70. The van der Waals surface area contributed by atoms with Crippen LogP contribution in [-0.2, 0) is 50.3 Å². The highest BCUT2D eigenvalue weighted by molar-refractivity contribution is 5.45. The molecule has 0 unspecified atom stereocenters. The zero-order chi connectivity index (χ0) is 27.8. The van der Waals surface area contributed by atoms with Gasteiger partial charge in [0, 0.05) is 0 Å². The van der Waals surface area contributed by atoms with Crippen LogP contribution in [0.2, 0.25) is 0 Å². The molecule has 0 aromatic heterocycles. The Hall–Kier alpha value is -3.81. The van der Waals surface area contributed by atoms with Gasteiger partial charge in [-0.15, -0.1) is 0 Å². The molecule has 0 N–H and O–H groups in total. The van der Waals surface area contributed by atoms with Crippen LogP contribution in [0.25, 0.3) is 0 Å². The van der Waals surface area contributed by atoms with Crippen LogP contribution in [0, 0.1) is 6.92 Å². The van der Waals surface area contributed by atoms with Gasteiger partial charge in [-0.25, -0.2) is 5.06 Å². The van der Waals surface area contributed by atoms with Crippen molar-refractivity contribution in [2.75, 3.05) is 6.54 Å². The van der Waals surface area contributed by atoms with Crippen molar-refractivity contribution in [3.63, 3.8) is 0 Å². The summed E-state index contributed by atoms with van der Waals surface area (Å²) >= 11 is 0. The quantitative estimate of drug-likeness (QED) is 0.119. The predicted molar refractivity (Wildman–Crippen MR) is 154 cm³/mol. The van der Waals surface area contributed by atoms with E-state index in [1.807, 2.05) is 121 Å². The van der Waals surface area contributed by atoms with E-state index in [1.54, 1.807) is 0 Å². The van der Waals surface area contributed by atoms with Gasteiger partial charge in [0.25, 0.3) is 0 Å². The molecule has 4 rings (SSSR count). The Bertz CT molecular complexity index is 1220. The molecule has 1 amide bonds. The van der Waals surface area contributed by atoms with Crippen molar-refractivity contribution in [2.24, 2.45) is 0 Å². The summed E-state index contributed by atoms with van der Waals surface area (Å²) in [6, 6.07) is 39.4. The number of hydrogen-bond donors (Lipinski definition) is 0. The molecule has 0 aliphatic rings. The third kappa shape index (κ3) is 9.74. The minimum absolute atomic E-state index is 0.128. The highest BCUT2D eigenvalue weighted by Crippen LogP contribution is 2.19. The van der Waals surface area contributed by atoms with E-state index in [9.17, 15) is 4.79 Å². The number of hydrogen-bond acceptors (Lipinski definition) is 5. The molecule has 40 heavy (non-hydrogen) atoms. The largest absolute Gasteiger partial charge is 0.371 e. The van der Waals surface area contributed by atoms with E-state index in [4.69, 9.17) is 19.0 Å². The average molecular weight is 539 g/mol. The minimum Gasteiger partial charge on any atom is -0.371 e. The number of nitrogens with zero attached hydrogens (tertiary/aromatic N) is 1. The van der Waals surface area contributed by atoms with Gasteiger partial charge in [0.2, 0.25) is 6.41 Å². The Kier molecular flexibility index (Phi) is 11.9. The molecule has 3 atom stereocenters. The van der Waals surface area contributed by atoms with Crippen LogP contribution in [-0.4, -0.2) is 36.3 Å². The fourth-order valence-corrected chi connectivity index (χ4v) is 4.16. The lowest BCUT2D eigenvalue weighted by Gasteiger charge is -2.34. The highest BCUT2D eigenvalue weighted by Gasteiger charge is 2.32. The maximum Gasteiger partial charge on any atom is 0.233 e. The van der Waals surface area contributed by atoms with Crippen molar-refractivity contribution < 1.29 is 23.8 Å². The fourth-order valence-electron chi connectivity index (χ4n) is 4.16. The molecule has 0 heterocycles. The molecule has 0 spiro atoms. The summed E-state index contributed by atoms with van der Waals surface area (Å²) in [7, 11) is 0. The van der Waals surface area contributed by atoms with Crippen molar-refractivity contribution in [1.29, 1.82) is 0 Å². The summed E-state index contributed by atoms with van der Waals surface area (Å²) < 4.78 is 19.0. The van der Waals surface area contributed by atoms with Gasteiger partial charge in [-0.2, -0.15) is 0 Å². The van der Waals surface area contributed by atoms with E-state index in [0.717, 1.165) is 22.3 Å². The van der Waals surface area contributed by atoms with Crippen LogP contribution >= 0.6 is 0 Å². The Labute approximate surface area is 237 Å². The van der Waals surface area contributed by atoms with Gasteiger partial charge in [-0.1, -0.05) is 121 Å². The summed E-state index contributed by atoms with van der Waals surface area (Å²) in [5, 5.41) is 1.26. The van der Waals surface area contributed by atoms with Crippen LogP contribution in [0.5, 0.6) is 0 Å². The van der Waals surface area contributed by atoms with Crippen molar-refractivity contribution in [3.05, 3.63) is 151 Å². The molecule has 6 nitrogen and oxygen atoms in total. The first-order valence-electron chi connectivity index (χ1n) is 13.4. The normalized spacial score (nSPS) is 13.3. The average Bonchev–Trinajstić information content (AvgIpc) is 3.02. The van der Waals surface area contributed by atoms with Gasteiger partial charge in [-0.05, 0) is 29.2 Å². The number of rotatable bonds is 17. The first kappa shape index (κ1) is 29.2. The number of ether oxygens (including phenoxy) is 3. The second-order valence-corrected chi connectivity index (χ2v) is 9.40. The molecule has 0 bridgehead atoms. The Morgan fingerprint density at radius 3 is 1.43 bits per heavy atom. The maximum atomic E-state index is 12.1. The van der Waals surface area contributed by atoms with Gasteiger partial charge in [0.05, 0.1) is 32.5 Å². The number of benzene rings is 4. The van der Waals surface area contributed by atoms with E-state index < -0.39 is 18.3 Å². The lowest BCUT2D eigenvalue weighted by atomic mass is 10.1. The SMILES string of the molecule is [CH2][C@@H](OCc1ccccc1)[C@H](OCc1ccccc1)[C@H](CN(C=O)OCc1ccccc1)OCc1ccccc1. The van der Waals surface area contributed by atoms with Gasteiger partial charge in [-0.3, -0.25) is 9.63 Å². The summed E-state index contributed by atoms with van der Waals surface area (Å²) in [5.41, 5.74) is 4.00. The van der Waals surface area contributed by atoms with E-state index >= 15 is 0 Å². The molecule has 0 fully saturated rings. The topological polar surface area (TPSA) is 57.2 Å². The van der Waals surface area contributed by atoms with Crippen molar-refractivity contribution >= 4 is 6.41 Å². The van der Waals surface area contributed by atoms with Gasteiger partial charge < -0.3 is 14.2 Å². The molecular formula is C34H36NO5. The zero-order valence-corrected chi connectivity index (χ0v) is 22.6. The Morgan fingerprint density at radius 1 is 0.575 bits per heavy atom. The standard InChI is InChI=1S/C34H36NO5/c1-28(37-23-29-14-6-2-7-15-29)34(39-25-31-18-10-4-11-19-31)33(38-24-30-16-8-3-9-17-30)22-35(27-36)40-26-32-20-12-5-13-21-32/h2-21,27-28,33-34H,1,22-26H2/t28-,33+,34+/m1/s1. The van der Waals surface area contributed by atoms with Crippen LogP contribution in [0.15, 0.2) is 121 Å². The summed E-state index contributed by atoms with van der Waals surface area (Å²) in [5.74, 6) is 0. The van der Waals surface area contributed by atoms with Crippen LogP contribution in [0.4, 0.5) is 0 Å². The summed E-state index contributed by atoms with van der Waals surface area (Å²) in [6.07, 6.45) is -1.12. The van der Waals surface area contributed by atoms with E-state index in [-0.39, 0.29) is 13.2 Å². The highest BCUT2D eigenvalue weighted by atomic mass is 16.7. The zero-order valence-electron chi connectivity index (χ0n) is 22.6. The number of amides is 1. The van der Waals surface area contributed by atoms with Gasteiger partial charge in [0.1, 0.15) is 18.8 Å². The molecule has 207 valence electrons. The molecular weight excluding hydrogens is 502 g/mol. The molecule has 0 saturated carbocycles. The molecule has 6 heteroatoms. The Balaban J connectivity index is 1.52. The molecule has 0 aliphatic carbocycles. The van der Waals surface area contributed by atoms with Crippen LogP contribution < -0.4 is 0 Å². The van der Waals surface area contributed by atoms with Crippen molar-refractivity contribution in [2.45, 2.75) is 44.7 Å².